The first kappa shape index (κ1) is 30.3. The molecule has 3 aromatic carbocycles. The highest BCUT2D eigenvalue weighted by molar-refractivity contribution is 7.90. The molecule has 8 nitrogen and oxygen atoms in total. The lowest BCUT2D eigenvalue weighted by molar-refractivity contribution is -0.137. The third-order valence-corrected chi connectivity index (χ3v) is 9.03. The molecule has 3 aromatic rings. The summed E-state index contributed by atoms with van der Waals surface area (Å²) in [7, 11) is -4.16. The summed E-state index contributed by atoms with van der Waals surface area (Å²) >= 11 is 0. The number of ketones is 1. The van der Waals surface area contributed by atoms with Crippen molar-refractivity contribution in [3.05, 3.63) is 113 Å². The molecule has 0 bridgehead atoms. The first-order chi connectivity index (χ1) is 20.7. The third-order valence-electron chi connectivity index (χ3n) is 7.75. The van der Waals surface area contributed by atoms with E-state index in [0.29, 0.717) is 17.0 Å². The Balaban J connectivity index is 1.48. The molecule has 0 atom stereocenters. The van der Waals surface area contributed by atoms with Crippen LogP contribution in [0.15, 0.2) is 93.9 Å². The molecular weight excluding hydrogens is 571 g/mol. The van der Waals surface area contributed by atoms with E-state index in [1.54, 1.807) is 48.5 Å². The number of nitrogens with zero attached hydrogens (tertiary/aromatic N) is 2. The summed E-state index contributed by atoms with van der Waals surface area (Å²) < 4.78 is 50.8. The van der Waals surface area contributed by atoms with E-state index in [-0.39, 0.29) is 48.2 Å². The summed E-state index contributed by atoms with van der Waals surface area (Å²) in [5.41, 5.74) is 2.28. The van der Waals surface area contributed by atoms with E-state index in [1.165, 1.54) is 35.6 Å². The summed E-state index contributed by atoms with van der Waals surface area (Å²) in [6, 6.07) is 19.4. The summed E-state index contributed by atoms with van der Waals surface area (Å²) in [6.45, 7) is -0.249. The maximum Gasteiger partial charge on any atom is 0.305 e. The highest BCUT2D eigenvalue weighted by Crippen LogP contribution is 2.34. The van der Waals surface area contributed by atoms with Gasteiger partial charge in [-0.15, -0.1) is 0 Å². The van der Waals surface area contributed by atoms with Crippen LogP contribution in [0.4, 0.5) is 4.39 Å². The molecule has 0 unspecified atom stereocenters. The summed E-state index contributed by atoms with van der Waals surface area (Å²) in [4.78, 5) is 26.6. The number of halogens is 1. The predicted octanol–water partition coefficient (Wildman–Crippen LogP) is 6.08. The number of ether oxygens (including phenoxy) is 1. The van der Waals surface area contributed by atoms with Crippen molar-refractivity contribution in [2.24, 2.45) is 4.40 Å². The number of carbonyl (C=O) groups is 2. The number of allylic oxidation sites excluding steroid dienone is 2. The Labute approximate surface area is 250 Å². The normalized spacial score (nSPS) is 16.5. The third kappa shape index (κ3) is 7.44. The van der Waals surface area contributed by atoms with Crippen LogP contribution in [0, 0.1) is 5.82 Å². The number of carbonyl (C=O) groups excluding carboxylic acids is 1. The maximum absolute atomic E-state index is 13.6. The van der Waals surface area contributed by atoms with Crippen molar-refractivity contribution in [1.82, 2.24) is 4.90 Å². The Kier molecular flexibility index (Phi) is 9.47. The minimum absolute atomic E-state index is 0.0199. The fraction of sp³-hybridized carbons (Fsp3) is 0.303. The molecule has 0 aromatic heterocycles. The Morgan fingerprint density at radius 3 is 2.47 bits per heavy atom. The lowest BCUT2D eigenvalue weighted by atomic mass is 9.84. The van der Waals surface area contributed by atoms with Crippen LogP contribution in [-0.4, -0.2) is 49.2 Å². The van der Waals surface area contributed by atoms with Crippen LogP contribution in [-0.2, 0) is 26.2 Å². The van der Waals surface area contributed by atoms with Crippen LogP contribution in [0.25, 0.3) is 0 Å². The Hall–Kier alpha value is -4.15. The van der Waals surface area contributed by atoms with Gasteiger partial charge in [-0.1, -0.05) is 67.8 Å². The lowest BCUT2D eigenvalue weighted by Crippen LogP contribution is -2.35. The number of aliphatic carboxylic acids is 1. The molecule has 2 aliphatic rings. The average Bonchev–Trinajstić information content (AvgIpc) is 3.01. The van der Waals surface area contributed by atoms with Gasteiger partial charge < -0.3 is 14.7 Å². The zero-order valence-corrected chi connectivity index (χ0v) is 24.4. The lowest BCUT2D eigenvalue weighted by Gasteiger charge is -2.29. The van der Waals surface area contributed by atoms with Gasteiger partial charge in [0.1, 0.15) is 12.5 Å². The summed E-state index contributed by atoms with van der Waals surface area (Å²) in [5, 5.41) is 9.35. The van der Waals surface area contributed by atoms with Crippen molar-refractivity contribution in [3.8, 4) is 0 Å². The van der Waals surface area contributed by atoms with Crippen molar-refractivity contribution in [2.45, 2.75) is 55.9 Å². The first-order valence-electron chi connectivity index (χ1n) is 14.3. The molecule has 0 amide bonds. The fourth-order valence-electron chi connectivity index (χ4n) is 5.56. The van der Waals surface area contributed by atoms with Gasteiger partial charge in [-0.25, -0.2) is 4.39 Å². The molecule has 1 N–H and O–H groups in total. The molecule has 224 valence electrons. The van der Waals surface area contributed by atoms with Crippen molar-refractivity contribution < 1.29 is 32.2 Å². The standard InChI is InChI=1S/C33H33FN2O6S/c34-26-12-6-8-23(18-26)21-42-22-36(17-16-32(37)38)31-20-30(28-14-4-5-15-29(28)33(31)39)35-43(40,41)27-13-7-11-25(19-27)24-9-2-1-3-10-24/h4-8,11-15,18-20,24H,1-3,9-10,16-17,21-22H2,(H,37,38). The van der Waals surface area contributed by atoms with Gasteiger partial charge in [0.2, 0.25) is 5.78 Å². The number of hydrogen-bond donors (Lipinski definition) is 1. The number of carboxylic acid groups (broad SMARTS) is 1. The minimum atomic E-state index is -4.16. The summed E-state index contributed by atoms with van der Waals surface area (Å²) in [5.74, 6) is -1.59. The van der Waals surface area contributed by atoms with Crippen molar-refractivity contribution in [2.75, 3.05) is 13.3 Å². The van der Waals surface area contributed by atoms with Gasteiger partial charge in [0, 0.05) is 17.7 Å². The molecule has 0 aliphatic heterocycles. The van der Waals surface area contributed by atoms with Crippen LogP contribution in [0.1, 0.15) is 71.5 Å². The zero-order valence-electron chi connectivity index (χ0n) is 23.6. The van der Waals surface area contributed by atoms with Crippen LogP contribution in [0.5, 0.6) is 0 Å². The number of sulfonamides is 1. The van der Waals surface area contributed by atoms with Gasteiger partial charge in [-0.3, -0.25) is 9.59 Å². The molecule has 0 radical (unpaired) electrons. The second kappa shape index (κ2) is 13.4. The molecule has 2 aliphatic carbocycles. The number of rotatable bonds is 11. The Bertz CT molecular complexity index is 1680. The number of carboxylic acids is 1. The van der Waals surface area contributed by atoms with Crippen LogP contribution in [0.3, 0.4) is 0 Å². The number of fused-ring (bicyclic) bond motifs is 1. The quantitative estimate of drug-likeness (QED) is 0.264. The van der Waals surface area contributed by atoms with Gasteiger partial charge in [0.15, 0.2) is 0 Å². The summed E-state index contributed by atoms with van der Waals surface area (Å²) in [6.07, 6.45) is 6.54. The molecule has 1 fully saturated rings. The van der Waals surface area contributed by atoms with E-state index < -0.39 is 27.6 Å². The van der Waals surface area contributed by atoms with E-state index in [2.05, 4.69) is 4.40 Å². The van der Waals surface area contributed by atoms with Gasteiger partial charge in [0.25, 0.3) is 10.0 Å². The van der Waals surface area contributed by atoms with Gasteiger partial charge in [0.05, 0.1) is 29.3 Å². The van der Waals surface area contributed by atoms with Crippen LogP contribution < -0.4 is 0 Å². The highest BCUT2D eigenvalue weighted by Gasteiger charge is 2.30. The topological polar surface area (TPSA) is 113 Å². The number of Topliss-reactive ketones (excluding diaryl/α,β-unsaturated/α-hetero) is 1. The van der Waals surface area contributed by atoms with E-state index in [9.17, 15) is 27.5 Å². The smallest absolute Gasteiger partial charge is 0.305 e. The minimum Gasteiger partial charge on any atom is -0.481 e. The molecule has 0 spiro atoms. The van der Waals surface area contributed by atoms with Gasteiger partial charge >= 0.3 is 5.97 Å². The zero-order chi connectivity index (χ0) is 30.4. The largest absolute Gasteiger partial charge is 0.481 e. The van der Waals surface area contributed by atoms with E-state index >= 15 is 0 Å². The fourth-order valence-corrected chi connectivity index (χ4v) is 6.61. The molecule has 0 saturated heterocycles. The average molecular weight is 605 g/mol. The molecule has 10 heteroatoms. The second-order valence-corrected chi connectivity index (χ2v) is 12.4. The number of hydrogen-bond acceptors (Lipinski definition) is 6. The molecular formula is C33H33FN2O6S. The first-order valence-corrected chi connectivity index (χ1v) is 15.7. The van der Waals surface area contributed by atoms with E-state index in [0.717, 1.165) is 31.2 Å². The van der Waals surface area contributed by atoms with Gasteiger partial charge in [-0.2, -0.15) is 12.8 Å². The monoisotopic (exact) mass is 604 g/mol. The molecule has 5 rings (SSSR count). The molecule has 43 heavy (non-hydrogen) atoms. The molecule has 1 saturated carbocycles. The van der Waals surface area contributed by atoms with E-state index in [4.69, 9.17) is 4.74 Å². The second-order valence-electron chi connectivity index (χ2n) is 10.8. The van der Waals surface area contributed by atoms with Crippen molar-refractivity contribution in [1.29, 1.82) is 0 Å². The van der Waals surface area contributed by atoms with E-state index in [1.807, 2.05) is 6.07 Å². The van der Waals surface area contributed by atoms with Gasteiger partial charge in [-0.05, 0) is 60.2 Å². The van der Waals surface area contributed by atoms with Crippen molar-refractivity contribution >= 4 is 27.5 Å². The van der Waals surface area contributed by atoms with Crippen LogP contribution >= 0.6 is 0 Å². The SMILES string of the molecule is O=C(O)CCN(COCc1cccc(F)c1)C1=CC(=NS(=O)(=O)c2cccc(C3CCCCC3)c2)c2ccccc2C1=O. The number of benzene rings is 3. The Morgan fingerprint density at radius 2 is 1.72 bits per heavy atom. The predicted molar refractivity (Wildman–Crippen MR) is 160 cm³/mol. The highest BCUT2D eigenvalue weighted by atomic mass is 32.2. The van der Waals surface area contributed by atoms with Crippen LogP contribution in [0.2, 0.25) is 0 Å². The Morgan fingerprint density at radius 1 is 0.977 bits per heavy atom. The maximum atomic E-state index is 13.6. The molecule has 0 heterocycles. The van der Waals surface area contributed by atoms with Crippen molar-refractivity contribution in [3.63, 3.8) is 0 Å².